The maximum Gasteiger partial charge on any atom is 0.191 e. The van der Waals surface area contributed by atoms with E-state index in [-0.39, 0.29) is 0 Å². The largest absolute Gasteiger partial charge is 0.357 e. The number of hydrogen-bond acceptors (Lipinski definition) is 3. The van der Waals surface area contributed by atoms with E-state index in [2.05, 4.69) is 53.3 Å². The number of thiophene rings is 1. The van der Waals surface area contributed by atoms with Crippen LogP contribution in [0.25, 0.3) is 0 Å². The van der Waals surface area contributed by atoms with Crippen molar-refractivity contribution >= 4 is 17.3 Å². The highest BCUT2D eigenvalue weighted by Crippen LogP contribution is 2.19. The Morgan fingerprint density at radius 3 is 2.83 bits per heavy atom. The topological polar surface area (TPSA) is 39.7 Å². The summed E-state index contributed by atoms with van der Waals surface area (Å²) in [6.07, 6.45) is 3.92. The molecular formula is C18H32N4S. The summed E-state index contributed by atoms with van der Waals surface area (Å²) in [6, 6.07) is 2.20. The minimum atomic E-state index is 0.477. The van der Waals surface area contributed by atoms with E-state index in [1.165, 1.54) is 37.9 Å². The average molecular weight is 337 g/mol. The Balaban J connectivity index is 1.73. The predicted molar refractivity (Wildman–Crippen MR) is 102 cm³/mol. The van der Waals surface area contributed by atoms with Crippen LogP contribution in [0.1, 0.15) is 44.6 Å². The van der Waals surface area contributed by atoms with E-state index in [0.29, 0.717) is 5.92 Å². The van der Waals surface area contributed by atoms with Crippen molar-refractivity contribution in [1.29, 1.82) is 0 Å². The fraction of sp³-hybridized carbons (Fsp3) is 0.722. The molecule has 1 unspecified atom stereocenters. The van der Waals surface area contributed by atoms with Crippen molar-refractivity contribution in [2.45, 2.75) is 39.0 Å². The summed E-state index contributed by atoms with van der Waals surface area (Å²) in [6.45, 7) is 9.62. The maximum absolute atomic E-state index is 4.75. The SMILES string of the molecule is CCNC(=NCC(C)c1ccsc1)NCCC1CCN(C)CC1. The molecule has 0 amide bonds. The second-order valence-electron chi connectivity index (χ2n) is 6.64. The number of piperidine rings is 1. The molecule has 130 valence electrons. The van der Waals surface area contributed by atoms with Gasteiger partial charge in [-0.2, -0.15) is 11.3 Å². The van der Waals surface area contributed by atoms with E-state index in [1.54, 1.807) is 11.3 Å². The molecule has 1 fully saturated rings. The monoisotopic (exact) mass is 336 g/mol. The number of nitrogens with zero attached hydrogens (tertiary/aromatic N) is 2. The molecule has 0 aliphatic carbocycles. The Bertz CT molecular complexity index is 450. The number of hydrogen-bond donors (Lipinski definition) is 2. The molecule has 2 heterocycles. The quantitative estimate of drug-likeness (QED) is 0.593. The molecule has 23 heavy (non-hydrogen) atoms. The molecule has 1 aromatic heterocycles. The Morgan fingerprint density at radius 2 is 2.17 bits per heavy atom. The van der Waals surface area contributed by atoms with Crippen LogP contribution < -0.4 is 10.6 Å². The molecule has 5 heteroatoms. The lowest BCUT2D eigenvalue weighted by Crippen LogP contribution is -2.39. The van der Waals surface area contributed by atoms with Crippen molar-refractivity contribution < 1.29 is 0 Å². The van der Waals surface area contributed by atoms with Crippen LogP contribution >= 0.6 is 11.3 Å². The first-order valence-corrected chi connectivity index (χ1v) is 9.86. The third kappa shape index (κ3) is 6.51. The summed E-state index contributed by atoms with van der Waals surface area (Å²) in [4.78, 5) is 7.19. The van der Waals surface area contributed by atoms with Gasteiger partial charge in [-0.1, -0.05) is 6.92 Å². The van der Waals surface area contributed by atoms with Crippen LogP contribution in [0.4, 0.5) is 0 Å². The molecule has 0 radical (unpaired) electrons. The molecule has 0 bridgehead atoms. The molecule has 0 aromatic carbocycles. The zero-order valence-electron chi connectivity index (χ0n) is 14.8. The van der Waals surface area contributed by atoms with E-state index in [9.17, 15) is 0 Å². The number of aliphatic imine (C=N–C) groups is 1. The number of guanidine groups is 1. The molecule has 4 nitrogen and oxygen atoms in total. The van der Waals surface area contributed by atoms with Gasteiger partial charge in [0.05, 0.1) is 0 Å². The maximum atomic E-state index is 4.75. The Labute approximate surface area is 145 Å². The molecule has 0 saturated carbocycles. The third-order valence-electron chi connectivity index (χ3n) is 4.66. The van der Waals surface area contributed by atoms with Gasteiger partial charge in [0, 0.05) is 25.6 Å². The predicted octanol–water partition coefficient (Wildman–Crippen LogP) is 3.14. The number of likely N-dealkylation sites (tertiary alicyclic amines) is 1. The second kappa shape index (κ2) is 9.93. The highest BCUT2D eigenvalue weighted by atomic mass is 32.1. The molecule has 1 saturated heterocycles. The van der Waals surface area contributed by atoms with Crippen LogP contribution in [0.3, 0.4) is 0 Å². The van der Waals surface area contributed by atoms with E-state index >= 15 is 0 Å². The Kier molecular flexibility index (Phi) is 7.89. The van der Waals surface area contributed by atoms with Gasteiger partial charge in [-0.05, 0) is 74.6 Å². The van der Waals surface area contributed by atoms with Gasteiger partial charge in [-0.15, -0.1) is 0 Å². The molecular weight excluding hydrogens is 304 g/mol. The van der Waals surface area contributed by atoms with Crippen LogP contribution in [0.2, 0.25) is 0 Å². The molecule has 1 aliphatic rings. The van der Waals surface area contributed by atoms with E-state index in [0.717, 1.165) is 31.5 Å². The summed E-state index contributed by atoms with van der Waals surface area (Å²) < 4.78 is 0. The summed E-state index contributed by atoms with van der Waals surface area (Å²) in [5.41, 5.74) is 1.39. The Hall–Kier alpha value is -1.07. The van der Waals surface area contributed by atoms with Crippen molar-refractivity contribution in [3.8, 4) is 0 Å². The van der Waals surface area contributed by atoms with Gasteiger partial charge in [0.25, 0.3) is 0 Å². The van der Waals surface area contributed by atoms with Crippen molar-refractivity contribution in [3.63, 3.8) is 0 Å². The van der Waals surface area contributed by atoms with Crippen LogP contribution in [-0.4, -0.2) is 50.6 Å². The van der Waals surface area contributed by atoms with Gasteiger partial charge in [0.1, 0.15) is 0 Å². The highest BCUT2D eigenvalue weighted by Gasteiger charge is 2.16. The number of nitrogens with one attached hydrogen (secondary N) is 2. The zero-order chi connectivity index (χ0) is 16.5. The Morgan fingerprint density at radius 1 is 1.39 bits per heavy atom. The second-order valence-corrected chi connectivity index (χ2v) is 7.42. The fourth-order valence-electron chi connectivity index (χ4n) is 2.98. The standard InChI is InChI=1S/C18H32N4S/c1-4-19-18(21-13-15(2)17-8-12-23-14-17)20-9-5-16-6-10-22(3)11-7-16/h8,12,14-16H,4-7,9-11,13H2,1-3H3,(H2,19,20,21). The molecule has 2 N–H and O–H groups in total. The van der Waals surface area contributed by atoms with Crippen LogP contribution in [0.5, 0.6) is 0 Å². The summed E-state index contributed by atoms with van der Waals surface area (Å²) in [7, 11) is 2.22. The summed E-state index contributed by atoms with van der Waals surface area (Å²) in [5, 5.41) is 11.2. The highest BCUT2D eigenvalue weighted by molar-refractivity contribution is 7.07. The average Bonchev–Trinajstić information content (AvgIpc) is 3.08. The lowest BCUT2D eigenvalue weighted by atomic mass is 9.94. The first kappa shape index (κ1) is 18.3. The van der Waals surface area contributed by atoms with Gasteiger partial charge in [-0.3, -0.25) is 4.99 Å². The summed E-state index contributed by atoms with van der Waals surface area (Å²) >= 11 is 1.76. The number of rotatable bonds is 7. The van der Waals surface area contributed by atoms with Crippen molar-refractivity contribution in [2.24, 2.45) is 10.9 Å². The van der Waals surface area contributed by atoms with E-state index in [4.69, 9.17) is 4.99 Å². The van der Waals surface area contributed by atoms with Crippen molar-refractivity contribution in [1.82, 2.24) is 15.5 Å². The van der Waals surface area contributed by atoms with Crippen molar-refractivity contribution in [2.75, 3.05) is 39.8 Å². The normalized spacial score (nSPS) is 18.8. The molecule has 2 rings (SSSR count). The molecule has 0 spiro atoms. The lowest BCUT2D eigenvalue weighted by Gasteiger charge is -2.29. The van der Waals surface area contributed by atoms with Gasteiger partial charge >= 0.3 is 0 Å². The van der Waals surface area contributed by atoms with Gasteiger partial charge in [0.15, 0.2) is 5.96 Å². The molecule has 1 aromatic rings. The third-order valence-corrected chi connectivity index (χ3v) is 5.36. The van der Waals surface area contributed by atoms with Gasteiger partial charge in [0.2, 0.25) is 0 Å². The van der Waals surface area contributed by atoms with E-state index < -0.39 is 0 Å². The van der Waals surface area contributed by atoms with Gasteiger partial charge in [-0.25, -0.2) is 0 Å². The lowest BCUT2D eigenvalue weighted by molar-refractivity contribution is 0.213. The fourth-order valence-corrected chi connectivity index (χ4v) is 3.76. The van der Waals surface area contributed by atoms with Crippen molar-refractivity contribution in [3.05, 3.63) is 22.4 Å². The zero-order valence-corrected chi connectivity index (χ0v) is 15.7. The minimum absolute atomic E-state index is 0.477. The van der Waals surface area contributed by atoms with Gasteiger partial charge < -0.3 is 15.5 Å². The smallest absolute Gasteiger partial charge is 0.191 e. The first-order chi connectivity index (χ1) is 11.2. The molecule has 1 aliphatic heterocycles. The molecule has 1 atom stereocenters. The van der Waals surface area contributed by atoms with Crippen LogP contribution in [0.15, 0.2) is 21.8 Å². The van der Waals surface area contributed by atoms with E-state index in [1.807, 2.05) is 0 Å². The first-order valence-electron chi connectivity index (χ1n) is 8.91. The van der Waals surface area contributed by atoms with Crippen LogP contribution in [-0.2, 0) is 0 Å². The minimum Gasteiger partial charge on any atom is -0.357 e. The summed E-state index contributed by atoms with van der Waals surface area (Å²) in [5.74, 6) is 2.31. The van der Waals surface area contributed by atoms with Crippen LogP contribution in [0, 0.1) is 5.92 Å².